The summed E-state index contributed by atoms with van der Waals surface area (Å²) in [5, 5.41) is 2.86. The van der Waals surface area contributed by atoms with Crippen LogP contribution in [0.25, 0.3) is 16.7 Å². The van der Waals surface area contributed by atoms with Gasteiger partial charge in [-0.3, -0.25) is 14.2 Å². The summed E-state index contributed by atoms with van der Waals surface area (Å²) in [5.74, 6) is -0.245. The monoisotopic (exact) mass is 410 g/mol. The summed E-state index contributed by atoms with van der Waals surface area (Å²) < 4.78 is 4.14. The van der Waals surface area contributed by atoms with Crippen LogP contribution in [0.1, 0.15) is 5.56 Å². The normalized spacial score (nSPS) is 11.1. The SMILES string of the molecule is O=C(Cn1c(=O)c2cccn2c2cccnc21)NCc1ccccc1Br. The lowest BCUT2D eigenvalue weighted by Crippen LogP contribution is -2.33. The number of hydrogen-bond acceptors (Lipinski definition) is 3. The van der Waals surface area contributed by atoms with Crippen LogP contribution in [0.2, 0.25) is 0 Å². The molecule has 0 aliphatic heterocycles. The zero-order valence-electron chi connectivity index (χ0n) is 13.7. The molecule has 6 nitrogen and oxygen atoms in total. The molecule has 0 spiro atoms. The Labute approximate surface area is 157 Å². The van der Waals surface area contributed by atoms with Gasteiger partial charge in [0.1, 0.15) is 12.1 Å². The van der Waals surface area contributed by atoms with E-state index in [0.717, 1.165) is 15.6 Å². The molecule has 0 saturated carbocycles. The van der Waals surface area contributed by atoms with Gasteiger partial charge in [-0.25, -0.2) is 4.98 Å². The van der Waals surface area contributed by atoms with E-state index in [2.05, 4.69) is 26.2 Å². The first-order valence-corrected chi connectivity index (χ1v) is 8.89. The highest BCUT2D eigenvalue weighted by Gasteiger charge is 2.14. The Kier molecular flexibility index (Phi) is 4.30. The molecule has 1 aromatic carbocycles. The van der Waals surface area contributed by atoms with Gasteiger partial charge in [0.25, 0.3) is 5.56 Å². The Morgan fingerprint density at radius 2 is 1.88 bits per heavy atom. The summed E-state index contributed by atoms with van der Waals surface area (Å²) in [6.07, 6.45) is 3.44. The summed E-state index contributed by atoms with van der Waals surface area (Å²) >= 11 is 3.46. The van der Waals surface area contributed by atoms with E-state index in [4.69, 9.17) is 0 Å². The molecule has 130 valence electrons. The Bertz CT molecular complexity index is 1180. The number of fused-ring (bicyclic) bond motifs is 3. The first-order chi connectivity index (χ1) is 12.6. The highest BCUT2D eigenvalue weighted by atomic mass is 79.9. The number of pyridine rings is 1. The summed E-state index contributed by atoms with van der Waals surface area (Å²) in [4.78, 5) is 29.5. The Hall–Kier alpha value is -2.93. The molecule has 3 heterocycles. The van der Waals surface area contributed by atoms with E-state index in [-0.39, 0.29) is 18.0 Å². The maximum absolute atomic E-state index is 12.8. The number of aromatic nitrogens is 3. The van der Waals surface area contributed by atoms with E-state index in [1.54, 1.807) is 22.7 Å². The molecule has 26 heavy (non-hydrogen) atoms. The third-order valence-electron chi connectivity index (χ3n) is 4.23. The minimum absolute atomic E-state index is 0.0848. The van der Waals surface area contributed by atoms with Crippen molar-refractivity contribution in [1.82, 2.24) is 19.3 Å². The van der Waals surface area contributed by atoms with Gasteiger partial charge in [-0.2, -0.15) is 0 Å². The number of nitrogens with one attached hydrogen (secondary N) is 1. The number of hydrogen-bond donors (Lipinski definition) is 1. The van der Waals surface area contributed by atoms with E-state index in [9.17, 15) is 9.59 Å². The molecule has 0 radical (unpaired) electrons. The van der Waals surface area contributed by atoms with Gasteiger partial charge in [-0.05, 0) is 35.9 Å². The van der Waals surface area contributed by atoms with Gasteiger partial charge in [-0.1, -0.05) is 34.1 Å². The second-order valence-electron chi connectivity index (χ2n) is 5.87. The number of benzene rings is 1. The van der Waals surface area contributed by atoms with Crippen LogP contribution < -0.4 is 10.9 Å². The summed E-state index contributed by atoms with van der Waals surface area (Å²) in [7, 11) is 0. The van der Waals surface area contributed by atoms with Crippen LogP contribution in [0.15, 0.2) is 70.2 Å². The lowest BCUT2D eigenvalue weighted by molar-refractivity contribution is -0.121. The molecule has 1 N–H and O–H groups in total. The fraction of sp³-hybridized carbons (Fsp3) is 0.105. The molecule has 1 amide bonds. The van der Waals surface area contributed by atoms with Crippen LogP contribution >= 0.6 is 15.9 Å². The molecule has 0 bridgehead atoms. The van der Waals surface area contributed by atoms with E-state index < -0.39 is 0 Å². The van der Waals surface area contributed by atoms with Crippen molar-refractivity contribution in [2.24, 2.45) is 0 Å². The average Bonchev–Trinajstić information content (AvgIpc) is 3.15. The molecule has 4 rings (SSSR count). The Morgan fingerprint density at radius 3 is 2.73 bits per heavy atom. The molecule has 0 saturated heterocycles. The molecule has 4 aromatic rings. The van der Waals surface area contributed by atoms with Gasteiger partial charge in [0.15, 0.2) is 5.65 Å². The van der Waals surface area contributed by atoms with E-state index in [1.807, 2.05) is 42.6 Å². The Balaban J connectivity index is 1.66. The fourth-order valence-electron chi connectivity index (χ4n) is 2.97. The maximum Gasteiger partial charge on any atom is 0.276 e. The van der Waals surface area contributed by atoms with Crippen LogP contribution in [0.4, 0.5) is 0 Å². The molecule has 0 fully saturated rings. The van der Waals surface area contributed by atoms with Crippen molar-refractivity contribution in [1.29, 1.82) is 0 Å². The molecule has 0 unspecified atom stereocenters. The molecule has 0 aliphatic carbocycles. The highest BCUT2D eigenvalue weighted by molar-refractivity contribution is 9.10. The fourth-order valence-corrected chi connectivity index (χ4v) is 3.39. The molecular weight excluding hydrogens is 396 g/mol. The van der Waals surface area contributed by atoms with Crippen LogP contribution in [0.3, 0.4) is 0 Å². The maximum atomic E-state index is 12.8. The second kappa shape index (κ2) is 6.76. The lowest BCUT2D eigenvalue weighted by atomic mass is 10.2. The standard InChI is InChI=1S/C19H15BrN4O2/c20-14-6-2-1-5-13(14)11-22-17(25)12-24-18-15(7-3-9-21-18)23-10-4-8-16(23)19(24)26/h1-10H,11-12H2,(H,22,25). The predicted molar refractivity (Wildman–Crippen MR) is 103 cm³/mol. The van der Waals surface area contributed by atoms with Gasteiger partial charge >= 0.3 is 0 Å². The topological polar surface area (TPSA) is 68.4 Å². The Morgan fingerprint density at radius 1 is 1.08 bits per heavy atom. The van der Waals surface area contributed by atoms with Crippen LogP contribution in [0, 0.1) is 0 Å². The van der Waals surface area contributed by atoms with Crippen LogP contribution in [0.5, 0.6) is 0 Å². The summed E-state index contributed by atoms with van der Waals surface area (Å²) in [5.41, 5.74) is 2.52. The van der Waals surface area contributed by atoms with E-state index in [0.29, 0.717) is 17.7 Å². The van der Waals surface area contributed by atoms with Crippen molar-refractivity contribution in [2.75, 3.05) is 0 Å². The molecular formula is C19H15BrN4O2. The number of amides is 1. The van der Waals surface area contributed by atoms with Crippen LogP contribution in [-0.4, -0.2) is 19.9 Å². The minimum atomic E-state index is -0.245. The average molecular weight is 411 g/mol. The molecule has 7 heteroatoms. The third kappa shape index (κ3) is 2.90. The highest BCUT2D eigenvalue weighted by Crippen LogP contribution is 2.15. The molecule has 0 aliphatic rings. The van der Waals surface area contributed by atoms with Crippen molar-refractivity contribution in [3.63, 3.8) is 0 Å². The summed E-state index contributed by atoms with van der Waals surface area (Å²) in [6.45, 7) is 0.298. The number of carbonyl (C=O) groups excluding carboxylic acids is 1. The predicted octanol–water partition coefficient (Wildman–Crippen LogP) is 2.73. The third-order valence-corrected chi connectivity index (χ3v) is 5.00. The largest absolute Gasteiger partial charge is 0.350 e. The van der Waals surface area contributed by atoms with Gasteiger partial charge < -0.3 is 9.72 Å². The van der Waals surface area contributed by atoms with Crippen LogP contribution in [-0.2, 0) is 17.9 Å². The molecule has 0 atom stereocenters. The van der Waals surface area contributed by atoms with Gasteiger partial charge in [-0.15, -0.1) is 0 Å². The first-order valence-electron chi connectivity index (χ1n) is 8.10. The molecule has 3 aromatic heterocycles. The number of halogens is 1. The van der Waals surface area contributed by atoms with Crippen molar-refractivity contribution >= 4 is 38.5 Å². The quantitative estimate of drug-likeness (QED) is 0.562. The number of carbonyl (C=O) groups is 1. The first kappa shape index (κ1) is 16.5. The van der Waals surface area contributed by atoms with Crippen molar-refractivity contribution in [3.8, 4) is 0 Å². The van der Waals surface area contributed by atoms with E-state index >= 15 is 0 Å². The van der Waals surface area contributed by atoms with Crippen molar-refractivity contribution < 1.29 is 4.79 Å². The van der Waals surface area contributed by atoms with Gasteiger partial charge in [0.05, 0.1) is 5.52 Å². The van der Waals surface area contributed by atoms with Crippen molar-refractivity contribution in [2.45, 2.75) is 13.1 Å². The number of rotatable bonds is 4. The summed E-state index contributed by atoms with van der Waals surface area (Å²) in [6, 6.07) is 14.9. The van der Waals surface area contributed by atoms with Crippen molar-refractivity contribution in [3.05, 3.63) is 81.3 Å². The lowest BCUT2D eigenvalue weighted by Gasteiger charge is -2.12. The zero-order chi connectivity index (χ0) is 18.1. The smallest absolute Gasteiger partial charge is 0.276 e. The van der Waals surface area contributed by atoms with Gasteiger partial charge in [0, 0.05) is 23.4 Å². The van der Waals surface area contributed by atoms with E-state index in [1.165, 1.54) is 4.57 Å². The minimum Gasteiger partial charge on any atom is -0.350 e. The zero-order valence-corrected chi connectivity index (χ0v) is 15.3. The van der Waals surface area contributed by atoms with Gasteiger partial charge in [0.2, 0.25) is 5.91 Å². The number of nitrogens with zero attached hydrogens (tertiary/aromatic N) is 3. The second-order valence-corrected chi connectivity index (χ2v) is 6.72.